The van der Waals surface area contributed by atoms with Gasteiger partial charge in [0, 0.05) is 0 Å². The molecule has 2 aromatic rings. The van der Waals surface area contributed by atoms with Gasteiger partial charge in [-0.1, -0.05) is 54.4 Å². The van der Waals surface area contributed by atoms with Crippen molar-refractivity contribution in [2.75, 3.05) is 0 Å². The van der Waals surface area contributed by atoms with E-state index in [-0.39, 0.29) is 45.7 Å². The molecule has 0 amide bonds. The summed E-state index contributed by atoms with van der Waals surface area (Å²) < 4.78 is 0. The second kappa shape index (κ2) is 12.7. The van der Waals surface area contributed by atoms with Crippen molar-refractivity contribution < 1.29 is 30.6 Å². The summed E-state index contributed by atoms with van der Waals surface area (Å²) in [6.07, 6.45) is 12.1. The van der Waals surface area contributed by atoms with Crippen LogP contribution in [0, 0.1) is 45.3 Å². The molecule has 2 aromatic carbocycles. The van der Waals surface area contributed by atoms with Crippen LogP contribution in [0.5, 0.6) is 23.0 Å². The van der Waals surface area contributed by atoms with Crippen LogP contribution < -0.4 is 0 Å². The number of benzene rings is 2. The molecular formula is C42H64O6. The summed E-state index contributed by atoms with van der Waals surface area (Å²) in [6.45, 7) is 18.1. The van der Waals surface area contributed by atoms with E-state index >= 15 is 0 Å². The highest BCUT2D eigenvalue weighted by atomic mass is 16.3. The zero-order chi connectivity index (χ0) is 35.5. The highest BCUT2D eigenvalue weighted by Crippen LogP contribution is 2.64. The van der Waals surface area contributed by atoms with Crippen LogP contribution in [0.15, 0.2) is 36.4 Å². The Morgan fingerprint density at radius 3 is 1.23 bits per heavy atom. The van der Waals surface area contributed by atoms with E-state index in [1.54, 1.807) is 24.3 Å². The third-order valence-corrected chi connectivity index (χ3v) is 14.5. The molecule has 0 heterocycles. The van der Waals surface area contributed by atoms with Gasteiger partial charge in [-0.2, -0.15) is 0 Å². The van der Waals surface area contributed by atoms with E-state index in [9.17, 15) is 30.6 Å². The topological polar surface area (TPSA) is 121 Å². The lowest BCUT2D eigenvalue weighted by Gasteiger charge is -2.61. The summed E-state index contributed by atoms with van der Waals surface area (Å²) in [6, 6.07) is 9.40. The zero-order valence-electron chi connectivity index (χ0n) is 30.9. The molecule has 6 rings (SSSR count). The Balaban J connectivity index is 0.000000188. The molecule has 4 fully saturated rings. The molecular weight excluding hydrogens is 600 g/mol. The molecule has 6 N–H and O–H groups in total. The van der Waals surface area contributed by atoms with Gasteiger partial charge < -0.3 is 30.6 Å². The first-order valence-corrected chi connectivity index (χ1v) is 18.6. The minimum absolute atomic E-state index is 0.0569. The maximum Gasteiger partial charge on any atom is 0.119 e. The average molecular weight is 665 g/mol. The molecule has 0 unspecified atom stereocenters. The first-order chi connectivity index (χ1) is 22.1. The number of aliphatic hydroxyl groups is 2. The largest absolute Gasteiger partial charge is 0.508 e. The summed E-state index contributed by atoms with van der Waals surface area (Å²) in [4.78, 5) is 0. The quantitative estimate of drug-likeness (QED) is 0.181. The van der Waals surface area contributed by atoms with Crippen molar-refractivity contribution in [3.63, 3.8) is 0 Å². The average Bonchev–Trinajstić information content (AvgIpc) is 2.95. The van der Waals surface area contributed by atoms with Crippen LogP contribution in [0.4, 0.5) is 0 Å². The van der Waals surface area contributed by atoms with E-state index in [0.29, 0.717) is 35.5 Å². The van der Waals surface area contributed by atoms with E-state index < -0.39 is 11.2 Å². The molecule has 48 heavy (non-hydrogen) atoms. The van der Waals surface area contributed by atoms with Crippen LogP contribution in [0.2, 0.25) is 0 Å². The predicted octanol–water partition coefficient (Wildman–Crippen LogP) is 9.27. The van der Waals surface area contributed by atoms with Crippen LogP contribution in [0.25, 0.3) is 0 Å². The van der Waals surface area contributed by atoms with Crippen molar-refractivity contribution in [2.45, 2.75) is 144 Å². The van der Waals surface area contributed by atoms with Crippen molar-refractivity contribution in [1.29, 1.82) is 0 Å². The Labute approximate surface area is 289 Å². The van der Waals surface area contributed by atoms with E-state index in [1.165, 1.54) is 37.8 Å². The van der Waals surface area contributed by atoms with Gasteiger partial charge in [-0.15, -0.1) is 0 Å². The van der Waals surface area contributed by atoms with Gasteiger partial charge in [-0.05, 0) is 171 Å². The van der Waals surface area contributed by atoms with Crippen LogP contribution >= 0.6 is 0 Å². The first-order valence-electron chi connectivity index (χ1n) is 18.6. The fourth-order valence-electron chi connectivity index (χ4n) is 12.1. The Morgan fingerprint density at radius 1 is 0.521 bits per heavy atom. The molecule has 268 valence electrons. The lowest BCUT2D eigenvalue weighted by atomic mass is 9.45. The lowest BCUT2D eigenvalue weighted by Crippen LogP contribution is -2.58. The summed E-state index contributed by atoms with van der Waals surface area (Å²) >= 11 is 0. The van der Waals surface area contributed by atoms with Gasteiger partial charge in [0.1, 0.15) is 23.0 Å². The Morgan fingerprint density at radius 2 is 0.875 bits per heavy atom. The van der Waals surface area contributed by atoms with Crippen LogP contribution in [0.1, 0.15) is 131 Å². The van der Waals surface area contributed by atoms with Gasteiger partial charge in [0.15, 0.2) is 0 Å². The summed E-state index contributed by atoms with van der Waals surface area (Å²) in [5.74, 6) is 2.10. The molecule has 6 heteroatoms. The van der Waals surface area contributed by atoms with Gasteiger partial charge >= 0.3 is 0 Å². The fraction of sp³-hybridized carbons (Fsp3) is 0.714. The minimum atomic E-state index is -0.740. The van der Waals surface area contributed by atoms with E-state index in [0.717, 1.165) is 49.7 Å². The van der Waals surface area contributed by atoms with Gasteiger partial charge in [0.05, 0.1) is 11.2 Å². The highest BCUT2D eigenvalue weighted by molar-refractivity contribution is 5.40. The molecule has 0 bridgehead atoms. The summed E-state index contributed by atoms with van der Waals surface area (Å²) in [7, 11) is 0. The zero-order valence-corrected chi connectivity index (χ0v) is 30.9. The first kappa shape index (κ1) is 36.8. The normalized spacial score (nSPS) is 38.5. The Bertz CT molecular complexity index is 1350. The fourth-order valence-corrected chi connectivity index (χ4v) is 12.1. The van der Waals surface area contributed by atoms with Crippen molar-refractivity contribution in [3.8, 4) is 23.0 Å². The molecule has 4 aliphatic rings. The number of phenolic OH excluding ortho intramolecular Hbond substituents is 4. The van der Waals surface area contributed by atoms with Gasteiger partial charge in [-0.25, -0.2) is 0 Å². The third kappa shape index (κ3) is 6.82. The predicted molar refractivity (Wildman–Crippen MR) is 192 cm³/mol. The molecule has 8 atom stereocenters. The summed E-state index contributed by atoms with van der Waals surface area (Å²) in [5, 5.41) is 62.4. The van der Waals surface area contributed by atoms with Crippen LogP contribution in [0.3, 0.4) is 0 Å². The minimum Gasteiger partial charge on any atom is -0.508 e. The number of aromatic hydroxyl groups is 4. The smallest absolute Gasteiger partial charge is 0.119 e. The molecule has 0 saturated heterocycles. The van der Waals surface area contributed by atoms with Gasteiger partial charge in [-0.3, -0.25) is 0 Å². The van der Waals surface area contributed by atoms with E-state index in [2.05, 4.69) is 41.5 Å². The third-order valence-electron chi connectivity index (χ3n) is 14.5. The standard InChI is InChI=1S/2C21H32O3/c2*1-19(2)9-5-10-20(3)17(19)8-11-21(4,24)18(20)13-14-12-15(22)6-7-16(14)23/h2*6-7,12,17-18,22-24H,5,8-11,13H2,1-4H3/t2*17-,18+,20-,21+/m00/s1. The highest BCUT2D eigenvalue weighted by Gasteiger charge is 2.59. The van der Waals surface area contributed by atoms with Crippen molar-refractivity contribution >= 4 is 0 Å². The monoisotopic (exact) mass is 664 g/mol. The van der Waals surface area contributed by atoms with Crippen molar-refractivity contribution in [1.82, 2.24) is 0 Å². The number of phenols is 4. The van der Waals surface area contributed by atoms with E-state index in [4.69, 9.17) is 0 Å². The van der Waals surface area contributed by atoms with Crippen LogP contribution in [-0.4, -0.2) is 41.8 Å². The molecule has 6 nitrogen and oxygen atoms in total. The molecule has 0 aliphatic heterocycles. The molecule has 0 radical (unpaired) electrons. The maximum absolute atomic E-state index is 11.2. The number of hydrogen-bond donors (Lipinski definition) is 6. The molecule has 0 spiro atoms. The SMILES string of the molecule is CC1(C)CCC[C@]2(C)[C@@H](Cc3cc(O)ccc3O)[C@](C)(O)CC[C@@H]12.CC1(C)CCC[C@]2(C)[C@@H](Cc3cc(O)ccc3O)[C@](C)(O)CC[C@@H]12. The number of fused-ring (bicyclic) bond motifs is 2. The molecule has 0 aromatic heterocycles. The molecule has 4 saturated carbocycles. The Hall–Kier alpha value is -2.44. The number of hydrogen-bond acceptors (Lipinski definition) is 6. The summed E-state index contributed by atoms with van der Waals surface area (Å²) in [5.41, 5.74) is 0.706. The maximum atomic E-state index is 11.2. The van der Waals surface area contributed by atoms with Crippen molar-refractivity contribution in [3.05, 3.63) is 47.5 Å². The van der Waals surface area contributed by atoms with Crippen molar-refractivity contribution in [2.24, 2.45) is 45.3 Å². The van der Waals surface area contributed by atoms with Gasteiger partial charge in [0.2, 0.25) is 0 Å². The second-order valence-corrected chi connectivity index (χ2v) is 18.7. The van der Waals surface area contributed by atoms with Crippen LogP contribution in [-0.2, 0) is 12.8 Å². The molecule has 4 aliphatic carbocycles. The second-order valence-electron chi connectivity index (χ2n) is 18.7. The Kier molecular flexibility index (Phi) is 9.75. The van der Waals surface area contributed by atoms with Gasteiger partial charge in [0.25, 0.3) is 0 Å². The number of rotatable bonds is 4. The van der Waals surface area contributed by atoms with E-state index in [1.807, 2.05) is 13.8 Å². The lowest BCUT2D eigenvalue weighted by molar-refractivity contribution is -0.166.